The summed E-state index contributed by atoms with van der Waals surface area (Å²) < 4.78 is 5.20. The Labute approximate surface area is 167 Å². The number of nitrogens with one attached hydrogen (secondary N) is 2. The molecule has 27 heavy (non-hydrogen) atoms. The highest BCUT2D eigenvalue weighted by Gasteiger charge is 2.23. The van der Waals surface area contributed by atoms with Gasteiger partial charge in [-0.25, -0.2) is 0 Å². The molecule has 2 aromatic carbocycles. The molecule has 0 bridgehead atoms. The average molecular weight is 409 g/mol. The second kappa shape index (κ2) is 10.1. The number of ether oxygens (including phenoxy) is 1. The van der Waals surface area contributed by atoms with Gasteiger partial charge in [-0.3, -0.25) is 9.59 Å². The van der Waals surface area contributed by atoms with Crippen LogP contribution in [0, 0.1) is 0 Å². The molecule has 1 atom stereocenters. The van der Waals surface area contributed by atoms with Crippen molar-refractivity contribution in [3.05, 3.63) is 53.1 Å². The molecule has 0 aliphatic carbocycles. The molecule has 0 spiro atoms. The van der Waals surface area contributed by atoms with Gasteiger partial charge in [0.1, 0.15) is 17.5 Å². The Hall–Kier alpha value is -2.38. The van der Waals surface area contributed by atoms with Crippen molar-refractivity contribution in [3.8, 4) is 11.5 Å². The summed E-state index contributed by atoms with van der Waals surface area (Å²) in [5.74, 6) is 0.138. The number of carbonyl (C=O) groups excluding carboxylic acids is 2. The molecule has 0 saturated carbocycles. The van der Waals surface area contributed by atoms with Crippen LogP contribution in [0.4, 0.5) is 5.69 Å². The van der Waals surface area contributed by atoms with Gasteiger partial charge < -0.3 is 20.5 Å². The molecule has 0 radical (unpaired) electrons. The number of aromatic hydroxyl groups is 1. The number of phenols is 1. The molecule has 0 saturated heterocycles. The molecule has 144 valence electrons. The fraction of sp³-hybridized carbons (Fsp3) is 0.263. The van der Waals surface area contributed by atoms with Crippen molar-refractivity contribution in [3.63, 3.8) is 0 Å². The number of halogens is 1. The van der Waals surface area contributed by atoms with Crippen LogP contribution in [-0.2, 0) is 4.79 Å². The van der Waals surface area contributed by atoms with E-state index >= 15 is 0 Å². The lowest BCUT2D eigenvalue weighted by Gasteiger charge is -2.19. The van der Waals surface area contributed by atoms with E-state index in [1.807, 2.05) is 6.26 Å². The molecule has 1 unspecified atom stereocenters. The van der Waals surface area contributed by atoms with Crippen molar-refractivity contribution in [1.82, 2.24) is 5.32 Å². The van der Waals surface area contributed by atoms with Gasteiger partial charge in [0.15, 0.2) is 0 Å². The smallest absolute Gasteiger partial charge is 0.255 e. The molecule has 0 aliphatic heterocycles. The molecule has 8 heteroatoms. The van der Waals surface area contributed by atoms with Crippen LogP contribution >= 0.6 is 23.4 Å². The van der Waals surface area contributed by atoms with E-state index < -0.39 is 17.9 Å². The average Bonchev–Trinajstić information content (AvgIpc) is 2.67. The Balaban J connectivity index is 2.17. The predicted molar refractivity (Wildman–Crippen MR) is 109 cm³/mol. The lowest BCUT2D eigenvalue weighted by atomic mass is 10.1. The van der Waals surface area contributed by atoms with Gasteiger partial charge >= 0.3 is 0 Å². The zero-order valence-electron chi connectivity index (χ0n) is 15.0. The van der Waals surface area contributed by atoms with Gasteiger partial charge in [0.05, 0.1) is 18.4 Å². The molecular formula is C19H21ClN2O4S. The Bertz CT molecular complexity index is 816. The van der Waals surface area contributed by atoms with Gasteiger partial charge in [-0.05, 0) is 48.8 Å². The fourth-order valence-electron chi connectivity index (χ4n) is 2.40. The maximum Gasteiger partial charge on any atom is 0.255 e. The molecule has 6 nitrogen and oxygen atoms in total. The van der Waals surface area contributed by atoms with E-state index in [9.17, 15) is 14.7 Å². The first-order valence-corrected chi connectivity index (χ1v) is 9.95. The third-order valence-electron chi connectivity index (χ3n) is 3.80. The summed E-state index contributed by atoms with van der Waals surface area (Å²) in [4.78, 5) is 25.3. The van der Waals surface area contributed by atoms with Crippen molar-refractivity contribution in [2.75, 3.05) is 24.4 Å². The Kier molecular flexibility index (Phi) is 7.82. The quantitative estimate of drug-likeness (QED) is 0.581. The third-order valence-corrected chi connectivity index (χ3v) is 4.68. The van der Waals surface area contributed by atoms with Gasteiger partial charge in [0.25, 0.3) is 5.91 Å². The second-order valence-corrected chi connectivity index (χ2v) is 7.08. The SMILES string of the molecule is COc1ccccc1C(=O)NC(CCSC)C(=O)Nc1cc(Cl)ccc1O. The number of benzene rings is 2. The number of para-hydroxylation sites is 1. The number of phenolic OH excluding ortho intramolecular Hbond substituents is 1. The molecule has 0 fully saturated rings. The van der Waals surface area contributed by atoms with E-state index in [0.29, 0.717) is 28.5 Å². The molecule has 3 N–H and O–H groups in total. The molecule has 2 amide bonds. The van der Waals surface area contributed by atoms with Crippen LogP contribution in [0.2, 0.25) is 5.02 Å². The van der Waals surface area contributed by atoms with E-state index in [1.165, 1.54) is 25.3 Å². The van der Waals surface area contributed by atoms with E-state index in [-0.39, 0.29) is 11.4 Å². The highest BCUT2D eigenvalue weighted by atomic mass is 35.5. The monoisotopic (exact) mass is 408 g/mol. The predicted octanol–water partition coefficient (Wildman–Crippen LogP) is 3.54. The fourth-order valence-corrected chi connectivity index (χ4v) is 3.04. The first-order valence-electron chi connectivity index (χ1n) is 8.18. The molecule has 0 aromatic heterocycles. The topological polar surface area (TPSA) is 87.7 Å². The molecule has 2 aromatic rings. The maximum absolute atomic E-state index is 12.7. The van der Waals surface area contributed by atoms with Crippen molar-refractivity contribution < 1.29 is 19.4 Å². The summed E-state index contributed by atoms with van der Waals surface area (Å²) in [6, 6.07) is 10.4. The van der Waals surface area contributed by atoms with Crippen LogP contribution in [0.3, 0.4) is 0 Å². The lowest BCUT2D eigenvalue weighted by molar-refractivity contribution is -0.118. The van der Waals surface area contributed by atoms with Crippen LogP contribution in [0.25, 0.3) is 0 Å². The Morgan fingerprint density at radius 1 is 1.26 bits per heavy atom. The standard InChI is InChI=1S/C19H21ClN2O4S/c1-26-17-6-4-3-5-13(17)18(24)21-14(9-10-27-2)19(25)22-15-11-12(20)7-8-16(15)23/h3-8,11,14,23H,9-10H2,1-2H3,(H,21,24)(H,22,25). The Morgan fingerprint density at radius 2 is 2.00 bits per heavy atom. The molecule has 2 rings (SSSR count). The largest absolute Gasteiger partial charge is 0.506 e. The zero-order chi connectivity index (χ0) is 19.8. The highest BCUT2D eigenvalue weighted by Crippen LogP contribution is 2.27. The first kappa shape index (κ1) is 20.9. The Morgan fingerprint density at radius 3 is 2.70 bits per heavy atom. The number of hydrogen-bond acceptors (Lipinski definition) is 5. The van der Waals surface area contributed by atoms with Crippen molar-refractivity contribution >= 4 is 40.9 Å². The third kappa shape index (κ3) is 5.80. The molecular weight excluding hydrogens is 388 g/mol. The van der Waals surface area contributed by atoms with E-state index in [1.54, 1.807) is 36.0 Å². The first-order chi connectivity index (χ1) is 13.0. The minimum atomic E-state index is -0.784. The lowest BCUT2D eigenvalue weighted by Crippen LogP contribution is -2.44. The van der Waals surface area contributed by atoms with Gasteiger partial charge in [0, 0.05) is 5.02 Å². The number of thioether (sulfide) groups is 1. The van der Waals surface area contributed by atoms with Crippen molar-refractivity contribution in [1.29, 1.82) is 0 Å². The number of anilines is 1. The second-order valence-electron chi connectivity index (χ2n) is 5.66. The molecule has 0 heterocycles. The van der Waals surface area contributed by atoms with Gasteiger partial charge in [-0.15, -0.1) is 0 Å². The van der Waals surface area contributed by atoms with E-state index in [2.05, 4.69) is 10.6 Å². The van der Waals surface area contributed by atoms with Crippen LogP contribution in [0.1, 0.15) is 16.8 Å². The van der Waals surface area contributed by atoms with Gasteiger partial charge in [-0.1, -0.05) is 23.7 Å². The number of carbonyl (C=O) groups is 2. The van der Waals surface area contributed by atoms with Crippen molar-refractivity contribution in [2.45, 2.75) is 12.5 Å². The molecule has 0 aliphatic rings. The minimum Gasteiger partial charge on any atom is -0.506 e. The summed E-state index contributed by atoms with van der Waals surface area (Å²) in [6.45, 7) is 0. The summed E-state index contributed by atoms with van der Waals surface area (Å²) in [7, 11) is 1.48. The summed E-state index contributed by atoms with van der Waals surface area (Å²) in [5.41, 5.74) is 0.528. The van der Waals surface area contributed by atoms with E-state index in [0.717, 1.165) is 0 Å². The van der Waals surface area contributed by atoms with Gasteiger partial charge in [-0.2, -0.15) is 11.8 Å². The van der Waals surface area contributed by atoms with Gasteiger partial charge in [0.2, 0.25) is 5.91 Å². The normalized spacial score (nSPS) is 11.5. The summed E-state index contributed by atoms with van der Waals surface area (Å²) in [5, 5.41) is 15.6. The van der Waals surface area contributed by atoms with Crippen LogP contribution in [-0.4, -0.2) is 42.1 Å². The summed E-state index contributed by atoms with van der Waals surface area (Å²) in [6.07, 6.45) is 2.34. The van der Waals surface area contributed by atoms with Crippen LogP contribution in [0.5, 0.6) is 11.5 Å². The number of rotatable bonds is 8. The summed E-state index contributed by atoms with van der Waals surface area (Å²) >= 11 is 7.48. The minimum absolute atomic E-state index is 0.104. The van der Waals surface area contributed by atoms with Crippen molar-refractivity contribution in [2.24, 2.45) is 0 Å². The van der Waals surface area contributed by atoms with Crippen LogP contribution < -0.4 is 15.4 Å². The van der Waals surface area contributed by atoms with E-state index in [4.69, 9.17) is 16.3 Å². The van der Waals surface area contributed by atoms with Crippen LogP contribution in [0.15, 0.2) is 42.5 Å². The number of hydrogen-bond donors (Lipinski definition) is 3. The highest BCUT2D eigenvalue weighted by molar-refractivity contribution is 7.98. The zero-order valence-corrected chi connectivity index (χ0v) is 16.6. The number of methoxy groups -OCH3 is 1. The maximum atomic E-state index is 12.7. The number of amides is 2.